The predicted octanol–water partition coefficient (Wildman–Crippen LogP) is 4.15. The molecular weight excluding hydrogens is 444 g/mol. The quantitative estimate of drug-likeness (QED) is 0.246. The van der Waals surface area contributed by atoms with Crippen LogP contribution in [0.2, 0.25) is 0 Å². The van der Waals surface area contributed by atoms with Crippen molar-refractivity contribution in [2.45, 2.75) is 6.54 Å². The van der Waals surface area contributed by atoms with Crippen molar-refractivity contribution in [1.29, 1.82) is 0 Å². The molecular formula is C25H17ClN2O5. The second kappa shape index (κ2) is 9.50. The number of esters is 1. The average molecular weight is 461 g/mol. The minimum absolute atomic E-state index is 0.0248. The first-order chi connectivity index (χ1) is 16.0. The number of hydrogen-bond acceptors (Lipinski definition) is 6. The van der Waals surface area contributed by atoms with E-state index < -0.39 is 17.8 Å². The summed E-state index contributed by atoms with van der Waals surface area (Å²) < 4.78 is 5.28. The zero-order valence-electron chi connectivity index (χ0n) is 17.2. The fraction of sp³-hybridized carbons (Fsp3) is 0.0400. The lowest BCUT2D eigenvalue weighted by molar-refractivity contribution is -0.138. The van der Waals surface area contributed by atoms with Gasteiger partial charge in [0.1, 0.15) is 22.8 Å². The molecule has 3 aromatic carbocycles. The summed E-state index contributed by atoms with van der Waals surface area (Å²) in [5.74, 6) is -1.39. The molecule has 1 aliphatic rings. The zero-order valence-corrected chi connectivity index (χ0v) is 17.9. The van der Waals surface area contributed by atoms with Gasteiger partial charge in [-0.1, -0.05) is 41.9 Å². The molecule has 0 radical (unpaired) electrons. The summed E-state index contributed by atoms with van der Waals surface area (Å²) >= 11 is 6.14. The second-order valence-electron chi connectivity index (χ2n) is 7.15. The first-order valence-corrected chi connectivity index (χ1v) is 10.3. The van der Waals surface area contributed by atoms with E-state index in [0.717, 1.165) is 10.5 Å². The molecule has 0 atom stereocenters. The second-order valence-corrected chi connectivity index (χ2v) is 7.53. The van der Waals surface area contributed by atoms with Crippen molar-refractivity contribution >= 4 is 41.4 Å². The summed E-state index contributed by atoms with van der Waals surface area (Å²) in [5.41, 5.74) is 2.00. The molecule has 0 saturated heterocycles. The van der Waals surface area contributed by atoms with Crippen LogP contribution >= 0.6 is 11.6 Å². The number of nitrogens with one attached hydrogen (secondary N) is 1. The largest absolute Gasteiger partial charge is 0.423 e. The Morgan fingerprint density at radius 2 is 1.58 bits per heavy atom. The number of carbonyl (C=O) groups excluding carboxylic acids is 4. The zero-order chi connectivity index (χ0) is 23.4. The van der Waals surface area contributed by atoms with Gasteiger partial charge in [0, 0.05) is 11.3 Å². The van der Waals surface area contributed by atoms with Gasteiger partial charge in [0.25, 0.3) is 11.8 Å². The van der Waals surface area contributed by atoms with Crippen molar-refractivity contribution in [1.82, 2.24) is 4.90 Å². The molecule has 4 rings (SSSR count). The van der Waals surface area contributed by atoms with Crippen molar-refractivity contribution in [2.24, 2.45) is 0 Å². The van der Waals surface area contributed by atoms with Crippen molar-refractivity contribution in [3.63, 3.8) is 0 Å². The summed E-state index contributed by atoms with van der Waals surface area (Å²) in [4.78, 5) is 49.4. The molecule has 1 aliphatic heterocycles. The number of carbonyl (C=O) groups is 4. The third-order valence-electron chi connectivity index (χ3n) is 4.91. The van der Waals surface area contributed by atoms with E-state index in [4.69, 9.17) is 16.3 Å². The van der Waals surface area contributed by atoms with Crippen LogP contribution in [0.1, 0.15) is 26.3 Å². The highest BCUT2D eigenvalue weighted by Gasteiger charge is 2.37. The predicted molar refractivity (Wildman–Crippen MR) is 122 cm³/mol. The molecule has 0 aliphatic carbocycles. The van der Waals surface area contributed by atoms with Gasteiger partial charge in [0.05, 0.1) is 12.1 Å². The number of nitrogens with zero attached hydrogens (tertiary/aromatic N) is 1. The Morgan fingerprint density at radius 3 is 2.21 bits per heavy atom. The van der Waals surface area contributed by atoms with Gasteiger partial charge in [-0.05, 0) is 54.1 Å². The number of amides is 2. The molecule has 1 N–H and O–H groups in total. The maximum Gasteiger partial charge on any atom is 0.343 e. The minimum Gasteiger partial charge on any atom is -0.423 e. The van der Waals surface area contributed by atoms with E-state index in [1.54, 1.807) is 24.3 Å². The fourth-order valence-corrected chi connectivity index (χ4v) is 3.41. The normalized spacial score (nSPS) is 13.3. The number of ether oxygens (including phenoxy) is 1. The van der Waals surface area contributed by atoms with Crippen molar-refractivity contribution in [2.75, 3.05) is 5.32 Å². The Hall–Kier alpha value is -4.23. The van der Waals surface area contributed by atoms with Crippen LogP contribution in [0.3, 0.4) is 0 Å². The molecule has 0 fully saturated rings. The minimum atomic E-state index is -0.584. The Kier molecular flexibility index (Phi) is 6.33. The van der Waals surface area contributed by atoms with Crippen LogP contribution in [-0.4, -0.2) is 29.0 Å². The van der Waals surface area contributed by atoms with Gasteiger partial charge in [-0.25, -0.2) is 4.79 Å². The third kappa shape index (κ3) is 4.83. The molecule has 8 heteroatoms. The van der Waals surface area contributed by atoms with E-state index >= 15 is 0 Å². The van der Waals surface area contributed by atoms with E-state index in [1.807, 2.05) is 30.3 Å². The lowest BCUT2D eigenvalue weighted by Crippen LogP contribution is -2.31. The summed E-state index contributed by atoms with van der Waals surface area (Å²) in [7, 11) is 0. The van der Waals surface area contributed by atoms with Crippen LogP contribution in [0, 0.1) is 0 Å². The highest BCUT2D eigenvalue weighted by atomic mass is 35.5. The molecule has 0 aromatic heterocycles. The number of halogens is 1. The lowest BCUT2D eigenvalue weighted by atomic mass is 10.2. The van der Waals surface area contributed by atoms with Crippen LogP contribution in [0.15, 0.2) is 89.6 Å². The number of anilines is 1. The fourth-order valence-electron chi connectivity index (χ4n) is 3.18. The van der Waals surface area contributed by atoms with Gasteiger partial charge in [-0.3, -0.25) is 19.3 Å². The summed E-state index contributed by atoms with van der Waals surface area (Å²) in [6.07, 6.45) is 0.697. The van der Waals surface area contributed by atoms with E-state index in [0.29, 0.717) is 23.3 Å². The number of aldehydes is 1. The lowest BCUT2D eigenvalue weighted by Gasteiger charge is -2.15. The van der Waals surface area contributed by atoms with E-state index in [-0.39, 0.29) is 22.8 Å². The molecule has 0 unspecified atom stereocenters. The highest BCUT2D eigenvalue weighted by Crippen LogP contribution is 2.27. The molecule has 0 spiro atoms. The van der Waals surface area contributed by atoms with E-state index in [9.17, 15) is 19.2 Å². The molecule has 0 saturated carbocycles. The molecule has 0 bridgehead atoms. The number of benzene rings is 3. The Bertz CT molecular complexity index is 1250. The van der Waals surface area contributed by atoms with Crippen molar-refractivity contribution in [3.8, 4) is 5.75 Å². The monoisotopic (exact) mass is 460 g/mol. The number of rotatable bonds is 7. The first kappa shape index (κ1) is 22.0. The van der Waals surface area contributed by atoms with Crippen molar-refractivity contribution < 1.29 is 23.9 Å². The average Bonchev–Trinajstić information content (AvgIpc) is 3.04. The molecule has 1 heterocycles. The Morgan fingerprint density at radius 1 is 0.909 bits per heavy atom. The number of imide groups is 1. The highest BCUT2D eigenvalue weighted by molar-refractivity contribution is 6.48. The van der Waals surface area contributed by atoms with Gasteiger partial charge >= 0.3 is 5.97 Å². The molecule has 33 heavy (non-hydrogen) atoms. The molecule has 3 aromatic rings. The maximum absolute atomic E-state index is 12.8. The van der Waals surface area contributed by atoms with Gasteiger partial charge in [-0.2, -0.15) is 0 Å². The standard InChI is InChI=1S/C25H17ClN2O5/c26-21-22(24(31)28(23(21)30)14-16-4-2-1-3-5-16)27-19-10-8-18(9-11-19)25(32)33-20-12-6-17(15-29)7-13-20/h1-13,15,27H,14H2. The van der Waals surface area contributed by atoms with Crippen LogP contribution in [0.4, 0.5) is 5.69 Å². The van der Waals surface area contributed by atoms with Crippen LogP contribution in [0.25, 0.3) is 0 Å². The van der Waals surface area contributed by atoms with E-state index in [2.05, 4.69) is 5.32 Å². The molecule has 7 nitrogen and oxygen atoms in total. The number of hydrogen-bond donors (Lipinski definition) is 1. The van der Waals surface area contributed by atoms with Gasteiger partial charge in [0.2, 0.25) is 0 Å². The smallest absolute Gasteiger partial charge is 0.343 e. The SMILES string of the molecule is O=Cc1ccc(OC(=O)c2ccc(NC3=C(Cl)C(=O)N(Cc4ccccc4)C3=O)cc2)cc1. The Labute approximate surface area is 194 Å². The Balaban J connectivity index is 1.42. The molecule has 164 valence electrons. The van der Waals surface area contributed by atoms with Gasteiger partial charge < -0.3 is 10.1 Å². The third-order valence-corrected chi connectivity index (χ3v) is 5.26. The maximum atomic E-state index is 12.8. The van der Waals surface area contributed by atoms with Crippen LogP contribution in [0.5, 0.6) is 5.75 Å². The van der Waals surface area contributed by atoms with Gasteiger partial charge in [-0.15, -0.1) is 0 Å². The van der Waals surface area contributed by atoms with Crippen LogP contribution < -0.4 is 10.1 Å². The molecule has 2 amide bonds. The van der Waals surface area contributed by atoms with Crippen molar-refractivity contribution in [3.05, 3.63) is 106 Å². The summed E-state index contributed by atoms with van der Waals surface area (Å²) in [6, 6.07) is 21.4. The van der Waals surface area contributed by atoms with E-state index in [1.165, 1.54) is 24.3 Å². The van der Waals surface area contributed by atoms with Gasteiger partial charge in [0.15, 0.2) is 0 Å². The summed E-state index contributed by atoms with van der Waals surface area (Å²) in [5, 5.41) is 2.67. The summed E-state index contributed by atoms with van der Waals surface area (Å²) in [6.45, 7) is 0.110. The topological polar surface area (TPSA) is 92.8 Å². The first-order valence-electron chi connectivity index (χ1n) is 9.90. The van der Waals surface area contributed by atoms with Crippen LogP contribution in [-0.2, 0) is 16.1 Å².